The molecule has 1 saturated carbocycles. The fraction of sp³-hybridized carbons (Fsp3) is 0.526. The number of rotatable bonds is 6. The Morgan fingerprint density at radius 1 is 1.00 bits per heavy atom. The Labute approximate surface area is 148 Å². The van der Waals surface area contributed by atoms with Crippen LogP contribution in [-0.2, 0) is 4.79 Å². The highest BCUT2D eigenvalue weighted by Gasteiger charge is 2.42. The van der Waals surface area contributed by atoms with Crippen molar-refractivity contribution in [2.45, 2.75) is 51.5 Å². The van der Waals surface area contributed by atoms with Gasteiger partial charge in [-0.25, -0.2) is 4.79 Å². The van der Waals surface area contributed by atoms with Crippen molar-refractivity contribution in [3.63, 3.8) is 0 Å². The van der Waals surface area contributed by atoms with Crippen LogP contribution in [0.4, 0.5) is 0 Å². The predicted molar refractivity (Wildman–Crippen MR) is 94.6 cm³/mol. The van der Waals surface area contributed by atoms with Crippen molar-refractivity contribution in [2.75, 3.05) is 13.1 Å². The predicted octanol–water partition coefficient (Wildman–Crippen LogP) is 2.69. The van der Waals surface area contributed by atoms with E-state index in [1.807, 2.05) is 13.8 Å². The SMILES string of the molecule is CCN(CC)C(=O)C1(NC(=O)c2ccc(C(=O)O)cc2)CCCCC1. The molecule has 0 spiro atoms. The summed E-state index contributed by atoms with van der Waals surface area (Å²) in [6.45, 7) is 5.09. The van der Waals surface area contributed by atoms with Crippen LogP contribution in [-0.4, -0.2) is 46.4 Å². The van der Waals surface area contributed by atoms with Gasteiger partial charge in [-0.1, -0.05) is 19.3 Å². The maximum Gasteiger partial charge on any atom is 0.335 e. The molecule has 1 aromatic rings. The van der Waals surface area contributed by atoms with Crippen molar-refractivity contribution in [1.29, 1.82) is 0 Å². The van der Waals surface area contributed by atoms with E-state index in [2.05, 4.69) is 5.32 Å². The average Bonchev–Trinajstić information content (AvgIpc) is 2.63. The summed E-state index contributed by atoms with van der Waals surface area (Å²) in [6, 6.07) is 5.77. The number of likely N-dealkylation sites (N-methyl/N-ethyl adjacent to an activating group) is 1. The van der Waals surface area contributed by atoms with Gasteiger partial charge < -0.3 is 15.3 Å². The Morgan fingerprint density at radius 3 is 2.00 bits per heavy atom. The lowest BCUT2D eigenvalue weighted by Crippen LogP contribution is -2.60. The molecule has 2 amide bonds. The van der Waals surface area contributed by atoms with Crippen molar-refractivity contribution in [2.24, 2.45) is 0 Å². The normalized spacial score (nSPS) is 16.1. The molecule has 2 N–H and O–H groups in total. The summed E-state index contributed by atoms with van der Waals surface area (Å²) < 4.78 is 0. The Morgan fingerprint density at radius 2 is 1.52 bits per heavy atom. The zero-order chi connectivity index (χ0) is 18.4. The standard InChI is InChI=1S/C19H26N2O4/c1-3-21(4-2)18(25)19(12-6-5-7-13-19)20-16(22)14-8-10-15(11-9-14)17(23)24/h8-11H,3-7,12-13H2,1-2H3,(H,20,22)(H,23,24). The summed E-state index contributed by atoms with van der Waals surface area (Å²) >= 11 is 0. The van der Waals surface area contributed by atoms with E-state index in [4.69, 9.17) is 5.11 Å². The van der Waals surface area contributed by atoms with Crippen molar-refractivity contribution in [3.05, 3.63) is 35.4 Å². The second-order valence-electron chi connectivity index (χ2n) is 6.46. The zero-order valence-electron chi connectivity index (χ0n) is 14.9. The van der Waals surface area contributed by atoms with E-state index < -0.39 is 11.5 Å². The molecule has 1 aromatic carbocycles. The number of amides is 2. The molecule has 25 heavy (non-hydrogen) atoms. The number of aromatic carboxylic acids is 1. The van der Waals surface area contributed by atoms with E-state index >= 15 is 0 Å². The summed E-state index contributed by atoms with van der Waals surface area (Å²) in [6.07, 6.45) is 4.16. The van der Waals surface area contributed by atoms with Gasteiger partial charge in [-0.2, -0.15) is 0 Å². The number of carboxylic acid groups (broad SMARTS) is 1. The van der Waals surface area contributed by atoms with Crippen LogP contribution in [0.15, 0.2) is 24.3 Å². The summed E-state index contributed by atoms with van der Waals surface area (Å²) in [4.78, 5) is 38.4. The first-order chi connectivity index (χ1) is 11.9. The number of carboxylic acids is 1. The molecule has 0 heterocycles. The largest absolute Gasteiger partial charge is 0.478 e. The van der Waals surface area contributed by atoms with Gasteiger partial charge >= 0.3 is 5.97 Å². The second kappa shape index (κ2) is 8.14. The molecule has 1 fully saturated rings. The molecule has 0 saturated heterocycles. The number of hydrogen-bond acceptors (Lipinski definition) is 3. The van der Waals surface area contributed by atoms with Crippen LogP contribution in [0.1, 0.15) is 66.7 Å². The van der Waals surface area contributed by atoms with E-state index in [9.17, 15) is 14.4 Å². The van der Waals surface area contributed by atoms with Crippen LogP contribution in [0.25, 0.3) is 0 Å². The lowest BCUT2D eigenvalue weighted by molar-refractivity contribution is -0.139. The molecule has 0 aliphatic heterocycles. The van der Waals surface area contributed by atoms with E-state index in [-0.39, 0.29) is 17.4 Å². The molecule has 6 nitrogen and oxygen atoms in total. The Kier molecular flexibility index (Phi) is 6.17. The first-order valence-corrected chi connectivity index (χ1v) is 8.88. The smallest absolute Gasteiger partial charge is 0.335 e. The van der Waals surface area contributed by atoms with Crippen molar-refractivity contribution in [3.8, 4) is 0 Å². The van der Waals surface area contributed by atoms with Gasteiger partial charge in [0.15, 0.2) is 0 Å². The van der Waals surface area contributed by atoms with Crippen LogP contribution < -0.4 is 5.32 Å². The third kappa shape index (κ3) is 4.18. The van der Waals surface area contributed by atoms with Gasteiger partial charge in [0.05, 0.1) is 5.56 Å². The molecule has 0 bridgehead atoms. The molecular formula is C19H26N2O4. The monoisotopic (exact) mass is 346 g/mol. The lowest BCUT2D eigenvalue weighted by atomic mass is 9.80. The fourth-order valence-electron chi connectivity index (χ4n) is 3.41. The third-order valence-corrected chi connectivity index (χ3v) is 4.91. The summed E-state index contributed by atoms with van der Waals surface area (Å²) in [5.74, 6) is -1.39. The summed E-state index contributed by atoms with van der Waals surface area (Å²) in [5.41, 5.74) is -0.363. The number of nitrogens with one attached hydrogen (secondary N) is 1. The number of carbonyl (C=O) groups is 3. The van der Waals surface area contributed by atoms with Crippen LogP contribution >= 0.6 is 0 Å². The highest BCUT2D eigenvalue weighted by atomic mass is 16.4. The molecule has 6 heteroatoms. The lowest BCUT2D eigenvalue weighted by Gasteiger charge is -2.40. The molecule has 1 aliphatic rings. The van der Waals surface area contributed by atoms with Gasteiger partial charge in [-0.05, 0) is 51.0 Å². The molecule has 136 valence electrons. The fourth-order valence-corrected chi connectivity index (χ4v) is 3.41. The first-order valence-electron chi connectivity index (χ1n) is 8.88. The molecule has 0 radical (unpaired) electrons. The maximum absolute atomic E-state index is 13.0. The van der Waals surface area contributed by atoms with Gasteiger partial charge in [0.25, 0.3) is 5.91 Å². The van der Waals surface area contributed by atoms with E-state index in [0.29, 0.717) is 31.5 Å². The molecule has 2 rings (SSSR count). The third-order valence-electron chi connectivity index (χ3n) is 4.91. The van der Waals surface area contributed by atoms with E-state index in [1.165, 1.54) is 24.3 Å². The van der Waals surface area contributed by atoms with Crippen LogP contribution in [0.2, 0.25) is 0 Å². The quantitative estimate of drug-likeness (QED) is 0.829. The number of hydrogen-bond donors (Lipinski definition) is 2. The number of nitrogens with zero attached hydrogens (tertiary/aromatic N) is 1. The van der Waals surface area contributed by atoms with E-state index in [1.54, 1.807) is 4.90 Å². The van der Waals surface area contributed by atoms with Gasteiger partial charge in [0, 0.05) is 18.7 Å². The van der Waals surface area contributed by atoms with Gasteiger partial charge in [0.2, 0.25) is 5.91 Å². The number of benzene rings is 1. The van der Waals surface area contributed by atoms with Crippen LogP contribution in [0.3, 0.4) is 0 Å². The maximum atomic E-state index is 13.0. The van der Waals surface area contributed by atoms with Crippen molar-refractivity contribution < 1.29 is 19.5 Å². The Balaban J connectivity index is 2.22. The van der Waals surface area contributed by atoms with Crippen LogP contribution in [0, 0.1) is 0 Å². The summed E-state index contributed by atoms with van der Waals surface area (Å²) in [5, 5.41) is 11.9. The zero-order valence-corrected chi connectivity index (χ0v) is 14.9. The second-order valence-corrected chi connectivity index (χ2v) is 6.46. The number of carbonyl (C=O) groups excluding carboxylic acids is 2. The average molecular weight is 346 g/mol. The topological polar surface area (TPSA) is 86.7 Å². The summed E-state index contributed by atoms with van der Waals surface area (Å²) in [7, 11) is 0. The highest BCUT2D eigenvalue weighted by Crippen LogP contribution is 2.30. The Hall–Kier alpha value is -2.37. The van der Waals surface area contributed by atoms with Gasteiger partial charge in [-0.3, -0.25) is 9.59 Å². The van der Waals surface area contributed by atoms with Crippen LogP contribution in [0.5, 0.6) is 0 Å². The van der Waals surface area contributed by atoms with E-state index in [0.717, 1.165) is 19.3 Å². The molecular weight excluding hydrogens is 320 g/mol. The molecule has 0 aromatic heterocycles. The van der Waals surface area contributed by atoms with Crippen molar-refractivity contribution in [1.82, 2.24) is 10.2 Å². The van der Waals surface area contributed by atoms with Gasteiger partial charge in [-0.15, -0.1) is 0 Å². The first kappa shape index (κ1) is 19.0. The minimum absolute atomic E-state index is 0.0206. The molecule has 0 unspecified atom stereocenters. The van der Waals surface area contributed by atoms with Gasteiger partial charge in [0.1, 0.15) is 5.54 Å². The van der Waals surface area contributed by atoms with Crippen molar-refractivity contribution >= 4 is 17.8 Å². The molecule has 1 aliphatic carbocycles. The minimum Gasteiger partial charge on any atom is -0.478 e. The Bertz CT molecular complexity index is 629. The minimum atomic E-state index is -1.03. The molecule has 0 atom stereocenters. The highest BCUT2D eigenvalue weighted by molar-refractivity contribution is 6.00.